The van der Waals surface area contributed by atoms with Gasteiger partial charge in [0.15, 0.2) is 5.82 Å². The fourth-order valence-electron chi connectivity index (χ4n) is 2.31. The highest BCUT2D eigenvalue weighted by Crippen LogP contribution is 2.26. The largest absolute Gasteiger partial charge is 0.439 e. The molecule has 124 valence electrons. The van der Waals surface area contributed by atoms with Crippen LogP contribution in [0.2, 0.25) is 0 Å². The first kappa shape index (κ1) is 16.1. The van der Waals surface area contributed by atoms with Crippen LogP contribution in [0.3, 0.4) is 0 Å². The van der Waals surface area contributed by atoms with E-state index < -0.39 is 0 Å². The van der Waals surface area contributed by atoms with Gasteiger partial charge in [-0.1, -0.05) is 44.2 Å². The average molecular weight is 323 g/mol. The maximum Gasteiger partial charge on any atom is 0.219 e. The number of H-pyrrole nitrogens is 1. The molecule has 0 saturated heterocycles. The zero-order valence-electron chi connectivity index (χ0n) is 14.2. The first-order valence-corrected chi connectivity index (χ1v) is 7.96. The minimum atomic E-state index is 0.136. The van der Waals surface area contributed by atoms with Crippen molar-refractivity contribution in [1.29, 1.82) is 0 Å². The lowest BCUT2D eigenvalue weighted by Gasteiger charge is -2.19. The van der Waals surface area contributed by atoms with Gasteiger partial charge in [0.25, 0.3) is 0 Å². The van der Waals surface area contributed by atoms with Crippen LogP contribution < -0.4 is 4.74 Å². The van der Waals surface area contributed by atoms with E-state index in [4.69, 9.17) is 4.74 Å². The van der Waals surface area contributed by atoms with E-state index in [0.29, 0.717) is 11.7 Å². The van der Waals surface area contributed by atoms with E-state index in [0.717, 1.165) is 24.2 Å². The molecule has 3 aromatic rings. The highest BCUT2D eigenvalue weighted by molar-refractivity contribution is 5.33. The first-order valence-electron chi connectivity index (χ1n) is 7.96. The molecule has 0 spiro atoms. The van der Waals surface area contributed by atoms with Gasteiger partial charge in [-0.15, -0.1) is 10.2 Å². The highest BCUT2D eigenvalue weighted by Gasteiger charge is 2.13. The number of pyridine rings is 1. The van der Waals surface area contributed by atoms with Gasteiger partial charge in [-0.2, -0.15) is 5.21 Å². The number of nitrogens with one attached hydrogen (secondary N) is 1. The summed E-state index contributed by atoms with van der Waals surface area (Å²) < 4.78 is 5.80. The number of benzene rings is 1. The number of hydrogen-bond donors (Lipinski definition) is 1. The van der Waals surface area contributed by atoms with Gasteiger partial charge in [0.05, 0.1) is 0 Å². The molecule has 24 heavy (non-hydrogen) atoms. The topological polar surface area (TPSA) is 76.6 Å². The highest BCUT2D eigenvalue weighted by atomic mass is 16.5. The number of aromatic amines is 1. The fourth-order valence-corrected chi connectivity index (χ4v) is 2.31. The summed E-state index contributed by atoms with van der Waals surface area (Å²) in [5.74, 6) is 2.08. The molecule has 0 radical (unpaired) electrons. The lowest BCUT2D eigenvalue weighted by atomic mass is 9.87. The molecule has 2 aromatic heterocycles. The normalized spacial score (nSPS) is 11.5. The van der Waals surface area contributed by atoms with Crippen LogP contribution in [-0.4, -0.2) is 25.6 Å². The van der Waals surface area contributed by atoms with Crippen molar-refractivity contribution in [2.75, 3.05) is 0 Å². The maximum atomic E-state index is 5.80. The van der Waals surface area contributed by atoms with Gasteiger partial charge < -0.3 is 4.74 Å². The van der Waals surface area contributed by atoms with E-state index in [1.54, 1.807) is 0 Å². The van der Waals surface area contributed by atoms with Crippen LogP contribution in [0.15, 0.2) is 42.6 Å². The number of tetrazole rings is 1. The lowest BCUT2D eigenvalue weighted by molar-refractivity contribution is 0.461. The predicted octanol–water partition coefficient (Wildman–Crippen LogP) is 3.47. The van der Waals surface area contributed by atoms with Crippen molar-refractivity contribution in [1.82, 2.24) is 25.6 Å². The second-order valence-corrected chi connectivity index (χ2v) is 6.71. The summed E-state index contributed by atoms with van der Waals surface area (Å²) >= 11 is 0. The Bertz CT molecular complexity index is 759. The molecule has 1 aromatic carbocycles. The number of hydrogen-bond acceptors (Lipinski definition) is 5. The van der Waals surface area contributed by atoms with Gasteiger partial charge in [-0.3, -0.25) is 0 Å². The van der Waals surface area contributed by atoms with E-state index in [9.17, 15) is 0 Å². The van der Waals surface area contributed by atoms with Crippen molar-refractivity contribution in [3.8, 4) is 11.6 Å². The zero-order valence-corrected chi connectivity index (χ0v) is 14.2. The molecule has 1 N–H and O–H groups in total. The van der Waals surface area contributed by atoms with Crippen molar-refractivity contribution in [2.45, 2.75) is 39.0 Å². The molecule has 3 rings (SSSR count). The molecule has 0 saturated carbocycles. The lowest BCUT2D eigenvalue weighted by Crippen LogP contribution is -2.10. The number of ether oxygens (including phenoxy) is 1. The van der Waals surface area contributed by atoms with E-state index in [1.807, 2.05) is 30.5 Å². The number of rotatable bonds is 5. The summed E-state index contributed by atoms with van der Waals surface area (Å²) in [5, 5.41) is 13.9. The minimum absolute atomic E-state index is 0.136. The van der Waals surface area contributed by atoms with E-state index in [1.165, 1.54) is 5.56 Å². The Labute approximate surface area is 141 Å². The summed E-state index contributed by atoms with van der Waals surface area (Å²) in [6.45, 7) is 6.58. The third kappa shape index (κ3) is 4.16. The molecule has 0 amide bonds. The molecule has 0 atom stereocenters. The van der Waals surface area contributed by atoms with Crippen LogP contribution in [0.4, 0.5) is 0 Å². The second-order valence-electron chi connectivity index (χ2n) is 6.71. The summed E-state index contributed by atoms with van der Waals surface area (Å²) in [5.41, 5.74) is 2.52. The molecular formula is C18H21N5O. The van der Waals surface area contributed by atoms with Crippen molar-refractivity contribution >= 4 is 0 Å². The number of aromatic nitrogens is 5. The molecule has 0 aliphatic heterocycles. The fraction of sp³-hybridized carbons (Fsp3) is 0.333. The monoisotopic (exact) mass is 323 g/mol. The molecule has 6 nitrogen and oxygen atoms in total. The Morgan fingerprint density at radius 3 is 2.38 bits per heavy atom. The molecule has 0 bridgehead atoms. The number of nitrogens with zero attached hydrogens (tertiary/aromatic N) is 4. The van der Waals surface area contributed by atoms with Crippen LogP contribution in [0.5, 0.6) is 11.6 Å². The Kier molecular flexibility index (Phi) is 4.55. The minimum Gasteiger partial charge on any atom is -0.439 e. The van der Waals surface area contributed by atoms with E-state index in [2.05, 4.69) is 58.5 Å². The van der Waals surface area contributed by atoms with Crippen LogP contribution >= 0.6 is 0 Å². The van der Waals surface area contributed by atoms with Gasteiger partial charge in [0, 0.05) is 18.7 Å². The molecule has 2 heterocycles. The second kappa shape index (κ2) is 6.78. The van der Waals surface area contributed by atoms with Crippen molar-refractivity contribution in [2.24, 2.45) is 0 Å². The Morgan fingerprint density at radius 1 is 1.00 bits per heavy atom. The third-order valence-corrected chi connectivity index (χ3v) is 3.77. The first-order chi connectivity index (χ1) is 11.5. The molecule has 0 aliphatic rings. The Balaban J connectivity index is 1.59. The quantitative estimate of drug-likeness (QED) is 0.778. The van der Waals surface area contributed by atoms with Gasteiger partial charge in [-0.05, 0) is 35.1 Å². The van der Waals surface area contributed by atoms with Gasteiger partial charge >= 0.3 is 0 Å². The van der Waals surface area contributed by atoms with Crippen LogP contribution in [0.25, 0.3) is 0 Å². The summed E-state index contributed by atoms with van der Waals surface area (Å²) in [6.07, 6.45) is 3.36. The van der Waals surface area contributed by atoms with E-state index >= 15 is 0 Å². The Hall–Kier alpha value is -2.76. The molecule has 6 heteroatoms. The smallest absolute Gasteiger partial charge is 0.219 e. The summed E-state index contributed by atoms with van der Waals surface area (Å²) in [4.78, 5) is 4.36. The maximum absolute atomic E-state index is 5.80. The molecular weight excluding hydrogens is 302 g/mol. The molecule has 0 fully saturated rings. The summed E-state index contributed by atoms with van der Waals surface area (Å²) in [7, 11) is 0. The molecule has 0 unspecified atom stereocenters. The van der Waals surface area contributed by atoms with Crippen molar-refractivity contribution in [3.63, 3.8) is 0 Å². The molecule has 0 aliphatic carbocycles. The summed E-state index contributed by atoms with van der Waals surface area (Å²) in [6, 6.07) is 12.0. The van der Waals surface area contributed by atoms with Crippen LogP contribution in [-0.2, 0) is 18.3 Å². The van der Waals surface area contributed by atoms with Gasteiger partial charge in [0.1, 0.15) is 5.75 Å². The van der Waals surface area contributed by atoms with Gasteiger partial charge in [-0.25, -0.2) is 4.98 Å². The average Bonchev–Trinajstić information content (AvgIpc) is 3.07. The zero-order chi connectivity index (χ0) is 17.0. The third-order valence-electron chi connectivity index (χ3n) is 3.77. The van der Waals surface area contributed by atoms with Crippen molar-refractivity contribution < 1.29 is 4.74 Å². The van der Waals surface area contributed by atoms with Crippen LogP contribution in [0, 0.1) is 0 Å². The predicted molar refractivity (Wildman–Crippen MR) is 91.0 cm³/mol. The van der Waals surface area contributed by atoms with Gasteiger partial charge in [0.2, 0.25) is 5.88 Å². The Morgan fingerprint density at radius 2 is 1.79 bits per heavy atom. The van der Waals surface area contributed by atoms with Crippen LogP contribution in [0.1, 0.15) is 37.7 Å². The SMILES string of the molecule is CC(C)(C)c1ccc(Oc2ccc(CCc3nn[nH]n3)cn2)cc1. The van der Waals surface area contributed by atoms with Crippen molar-refractivity contribution in [3.05, 3.63) is 59.5 Å². The standard InChI is InChI=1S/C18H21N5O/c1-18(2,3)14-6-8-15(9-7-14)24-17-11-5-13(12-19-17)4-10-16-20-22-23-21-16/h5-9,11-12H,4,10H2,1-3H3,(H,20,21,22,23). The number of aryl methyl sites for hydroxylation is 2. The van der Waals surface area contributed by atoms with E-state index in [-0.39, 0.29) is 5.41 Å².